The highest BCUT2D eigenvalue weighted by molar-refractivity contribution is 8.19. The summed E-state index contributed by atoms with van der Waals surface area (Å²) in [7, 11) is 0. The number of hydrogen-bond donors (Lipinski definition) is 1. The van der Waals surface area contributed by atoms with Crippen molar-refractivity contribution in [2.45, 2.75) is 23.7 Å². The highest BCUT2D eigenvalue weighted by atomic mass is 32.2. The van der Waals surface area contributed by atoms with Crippen LogP contribution < -0.4 is 0 Å². The number of carbonyl (C=O) groups excluding carboxylic acids is 1. The Hall–Kier alpha value is -1.18. The average Bonchev–Trinajstić information content (AvgIpc) is 3.08. The van der Waals surface area contributed by atoms with Gasteiger partial charge in [0.1, 0.15) is 0 Å². The molecule has 2 saturated heterocycles. The first-order valence-electron chi connectivity index (χ1n) is 7.55. The maximum atomic E-state index is 12.6. The number of thioether (sulfide) groups is 2. The molecule has 5 nitrogen and oxygen atoms in total. The Kier molecular flexibility index (Phi) is 5.18. The molecule has 0 spiro atoms. The Labute approximate surface area is 143 Å². The lowest BCUT2D eigenvalue weighted by Crippen LogP contribution is -2.51. The molecule has 0 aliphatic carbocycles. The number of carbonyl (C=O) groups is 2. The molecule has 1 aromatic carbocycles. The maximum absolute atomic E-state index is 12.6. The number of morpholine rings is 1. The van der Waals surface area contributed by atoms with E-state index in [1.54, 1.807) is 11.8 Å². The van der Waals surface area contributed by atoms with E-state index in [2.05, 4.69) is 0 Å². The quantitative estimate of drug-likeness (QED) is 0.900. The number of rotatable bonds is 3. The summed E-state index contributed by atoms with van der Waals surface area (Å²) in [5.74, 6) is 1.17. The lowest BCUT2D eigenvalue weighted by molar-refractivity contribution is -0.160. The molecule has 0 bridgehead atoms. The predicted octanol–water partition coefficient (Wildman–Crippen LogP) is 2.48. The average molecular weight is 353 g/mol. The van der Waals surface area contributed by atoms with Gasteiger partial charge in [-0.2, -0.15) is 0 Å². The van der Waals surface area contributed by atoms with Crippen LogP contribution in [-0.4, -0.2) is 58.7 Å². The molecule has 23 heavy (non-hydrogen) atoms. The minimum Gasteiger partial charge on any atom is -0.479 e. The normalized spacial score (nSPS) is 25.5. The lowest BCUT2D eigenvalue weighted by Gasteiger charge is -2.35. The van der Waals surface area contributed by atoms with Gasteiger partial charge in [-0.1, -0.05) is 12.1 Å². The third-order valence-electron chi connectivity index (χ3n) is 3.87. The second-order valence-electron chi connectivity index (χ2n) is 5.68. The van der Waals surface area contributed by atoms with Crippen LogP contribution in [0, 0.1) is 0 Å². The third kappa shape index (κ3) is 3.84. The number of benzene rings is 1. The zero-order valence-corrected chi connectivity index (χ0v) is 14.4. The van der Waals surface area contributed by atoms with E-state index in [1.807, 2.05) is 47.8 Å². The van der Waals surface area contributed by atoms with E-state index in [9.17, 15) is 9.59 Å². The summed E-state index contributed by atoms with van der Waals surface area (Å²) in [6.07, 6.45) is -1.23. The van der Waals surface area contributed by atoms with E-state index in [-0.39, 0.29) is 18.6 Å². The van der Waals surface area contributed by atoms with Crippen LogP contribution in [-0.2, 0) is 9.53 Å². The number of amides is 1. The van der Waals surface area contributed by atoms with Gasteiger partial charge >= 0.3 is 5.97 Å². The molecular formula is C16H19NO4S2. The summed E-state index contributed by atoms with van der Waals surface area (Å²) in [5.41, 5.74) is 1.83. The SMILES string of the molecule is C[C@@H]1CN(C(=O)c2ccc(C3SCCS3)cc2)CC(C(=O)O)O1. The second-order valence-corrected chi connectivity index (χ2v) is 8.40. The van der Waals surface area contributed by atoms with Crippen molar-refractivity contribution in [2.24, 2.45) is 0 Å². The number of aliphatic carboxylic acids is 1. The Balaban J connectivity index is 1.70. The Morgan fingerprint density at radius 1 is 1.17 bits per heavy atom. The molecule has 7 heteroatoms. The van der Waals surface area contributed by atoms with Gasteiger partial charge in [-0.05, 0) is 24.6 Å². The van der Waals surface area contributed by atoms with E-state index in [0.29, 0.717) is 16.7 Å². The van der Waals surface area contributed by atoms with Crippen molar-refractivity contribution in [2.75, 3.05) is 24.6 Å². The van der Waals surface area contributed by atoms with Crippen LogP contribution in [0.1, 0.15) is 27.4 Å². The summed E-state index contributed by atoms with van der Waals surface area (Å²) in [5, 5.41) is 9.12. The smallest absolute Gasteiger partial charge is 0.334 e. The van der Waals surface area contributed by atoms with Crippen LogP contribution in [0.25, 0.3) is 0 Å². The zero-order chi connectivity index (χ0) is 16.4. The number of ether oxygens (including phenoxy) is 1. The first-order chi connectivity index (χ1) is 11.0. The van der Waals surface area contributed by atoms with Gasteiger partial charge in [0.05, 0.1) is 17.2 Å². The molecule has 0 radical (unpaired) electrons. The third-order valence-corrected chi connectivity index (χ3v) is 6.98. The van der Waals surface area contributed by atoms with Crippen molar-refractivity contribution in [3.05, 3.63) is 35.4 Å². The molecule has 124 valence electrons. The molecule has 2 atom stereocenters. The van der Waals surface area contributed by atoms with Crippen LogP contribution in [0.4, 0.5) is 0 Å². The maximum Gasteiger partial charge on any atom is 0.334 e. The predicted molar refractivity (Wildman–Crippen MR) is 92.0 cm³/mol. The van der Waals surface area contributed by atoms with Gasteiger partial charge in [0.15, 0.2) is 6.10 Å². The molecule has 1 unspecified atom stereocenters. The molecule has 2 aliphatic rings. The molecule has 1 N–H and O–H groups in total. The van der Waals surface area contributed by atoms with Crippen LogP contribution in [0.3, 0.4) is 0 Å². The number of carboxylic acids is 1. The minimum atomic E-state index is -1.03. The van der Waals surface area contributed by atoms with Crippen molar-refractivity contribution < 1.29 is 19.4 Å². The van der Waals surface area contributed by atoms with Gasteiger partial charge in [0.2, 0.25) is 0 Å². The fourth-order valence-corrected chi connectivity index (χ4v) is 5.63. The Morgan fingerprint density at radius 3 is 2.43 bits per heavy atom. The summed E-state index contributed by atoms with van der Waals surface area (Å²) in [6.45, 7) is 2.29. The first-order valence-corrected chi connectivity index (χ1v) is 9.65. The van der Waals surface area contributed by atoms with Crippen molar-refractivity contribution in [3.63, 3.8) is 0 Å². The fourth-order valence-electron chi connectivity index (χ4n) is 2.77. The lowest BCUT2D eigenvalue weighted by atomic mass is 10.1. The summed E-state index contributed by atoms with van der Waals surface area (Å²) >= 11 is 3.85. The monoisotopic (exact) mass is 353 g/mol. The van der Waals surface area contributed by atoms with Crippen LogP contribution >= 0.6 is 23.5 Å². The molecule has 2 fully saturated rings. The van der Waals surface area contributed by atoms with E-state index in [0.717, 1.165) is 11.5 Å². The van der Waals surface area contributed by atoms with Crippen LogP contribution in [0.15, 0.2) is 24.3 Å². The highest BCUT2D eigenvalue weighted by Crippen LogP contribution is 2.45. The molecule has 0 saturated carbocycles. The molecular weight excluding hydrogens is 334 g/mol. The summed E-state index contributed by atoms with van der Waals surface area (Å²) < 4.78 is 5.81. The fraction of sp³-hybridized carbons (Fsp3) is 0.500. The van der Waals surface area contributed by atoms with E-state index in [4.69, 9.17) is 9.84 Å². The molecule has 1 amide bonds. The van der Waals surface area contributed by atoms with E-state index in [1.165, 1.54) is 5.56 Å². The van der Waals surface area contributed by atoms with Gasteiger partial charge in [-0.15, -0.1) is 23.5 Å². The topological polar surface area (TPSA) is 66.8 Å². The number of nitrogens with zero attached hydrogens (tertiary/aromatic N) is 1. The largest absolute Gasteiger partial charge is 0.479 e. The number of hydrogen-bond acceptors (Lipinski definition) is 5. The van der Waals surface area contributed by atoms with E-state index >= 15 is 0 Å². The Bertz CT molecular complexity index is 586. The number of carboxylic acid groups (broad SMARTS) is 1. The van der Waals surface area contributed by atoms with Crippen molar-refractivity contribution >= 4 is 35.4 Å². The van der Waals surface area contributed by atoms with Gasteiger partial charge in [-0.3, -0.25) is 4.79 Å². The van der Waals surface area contributed by atoms with Gasteiger partial charge in [0.25, 0.3) is 5.91 Å². The van der Waals surface area contributed by atoms with Crippen molar-refractivity contribution in [3.8, 4) is 0 Å². The standard InChI is InChI=1S/C16H19NO4S2/c1-10-8-17(9-13(21-10)15(19)20)14(18)11-2-4-12(5-3-11)16-22-6-7-23-16/h2-5,10,13,16H,6-9H2,1H3,(H,19,20)/t10-,13?/m1/s1. The van der Waals surface area contributed by atoms with Crippen LogP contribution in [0.5, 0.6) is 0 Å². The van der Waals surface area contributed by atoms with Crippen molar-refractivity contribution in [1.29, 1.82) is 0 Å². The first kappa shape index (κ1) is 16.7. The van der Waals surface area contributed by atoms with Gasteiger partial charge < -0.3 is 14.7 Å². The zero-order valence-electron chi connectivity index (χ0n) is 12.8. The summed E-state index contributed by atoms with van der Waals surface area (Å²) in [4.78, 5) is 25.3. The van der Waals surface area contributed by atoms with Crippen molar-refractivity contribution in [1.82, 2.24) is 4.90 Å². The van der Waals surface area contributed by atoms with Gasteiger partial charge in [0, 0.05) is 23.6 Å². The minimum absolute atomic E-state index is 0.0919. The second kappa shape index (κ2) is 7.15. The Morgan fingerprint density at radius 2 is 1.83 bits per heavy atom. The molecule has 0 aromatic heterocycles. The molecule has 1 aromatic rings. The highest BCUT2D eigenvalue weighted by Gasteiger charge is 2.33. The summed E-state index contributed by atoms with van der Waals surface area (Å²) in [6, 6.07) is 7.68. The van der Waals surface area contributed by atoms with Gasteiger partial charge in [-0.25, -0.2) is 4.79 Å². The molecule has 2 heterocycles. The van der Waals surface area contributed by atoms with Crippen LogP contribution in [0.2, 0.25) is 0 Å². The van der Waals surface area contributed by atoms with E-state index < -0.39 is 12.1 Å². The molecule has 2 aliphatic heterocycles. The molecule has 3 rings (SSSR count).